The standard InChI is InChI=1S/C20H38NO5P/c1-3-5-7-9-11-13-15-21(16-14-12-10-8-6-4-2)20(23)19(17-22)26-18-27(24)25/h17,19H,3-16,18H2,1-2H3/p+1. The first-order chi connectivity index (χ1) is 13.1. The summed E-state index contributed by atoms with van der Waals surface area (Å²) in [6, 6.07) is 0. The number of amides is 1. The Labute approximate surface area is 165 Å². The van der Waals surface area contributed by atoms with E-state index >= 15 is 0 Å². The minimum Gasteiger partial charge on any atom is -0.340 e. The first-order valence-electron chi connectivity index (χ1n) is 10.6. The summed E-state index contributed by atoms with van der Waals surface area (Å²) in [5.74, 6) is -0.385. The van der Waals surface area contributed by atoms with E-state index in [-0.39, 0.29) is 5.91 Å². The topological polar surface area (TPSA) is 83.9 Å². The number of nitrogens with zero attached hydrogens (tertiary/aromatic N) is 1. The molecule has 0 heterocycles. The van der Waals surface area contributed by atoms with Gasteiger partial charge in [-0.2, -0.15) is 4.89 Å². The Hall–Kier alpha value is -0.840. The van der Waals surface area contributed by atoms with Gasteiger partial charge in [0.05, 0.1) is 0 Å². The van der Waals surface area contributed by atoms with Gasteiger partial charge in [-0.1, -0.05) is 78.1 Å². The van der Waals surface area contributed by atoms with Crippen LogP contribution in [0.25, 0.3) is 0 Å². The molecule has 0 aromatic heterocycles. The van der Waals surface area contributed by atoms with E-state index in [1.165, 1.54) is 38.5 Å². The van der Waals surface area contributed by atoms with Gasteiger partial charge in [-0.25, -0.2) is 0 Å². The van der Waals surface area contributed by atoms with Gasteiger partial charge in [0.2, 0.25) is 0 Å². The van der Waals surface area contributed by atoms with E-state index in [0.29, 0.717) is 19.4 Å². The number of rotatable bonds is 19. The zero-order valence-corrected chi connectivity index (χ0v) is 18.1. The van der Waals surface area contributed by atoms with Gasteiger partial charge < -0.3 is 9.64 Å². The van der Waals surface area contributed by atoms with Crippen molar-refractivity contribution in [3.63, 3.8) is 0 Å². The number of hydrogen-bond acceptors (Lipinski definition) is 4. The normalized spacial score (nSPS) is 12.6. The highest BCUT2D eigenvalue weighted by molar-refractivity contribution is 7.37. The van der Waals surface area contributed by atoms with Crippen molar-refractivity contribution in [3.05, 3.63) is 0 Å². The van der Waals surface area contributed by atoms with E-state index in [2.05, 4.69) is 13.8 Å². The Morgan fingerprint density at radius 1 is 0.926 bits per heavy atom. The zero-order valence-electron chi connectivity index (χ0n) is 17.2. The summed E-state index contributed by atoms with van der Waals surface area (Å²) in [7, 11) is -2.52. The van der Waals surface area contributed by atoms with Crippen LogP contribution >= 0.6 is 8.03 Å². The van der Waals surface area contributed by atoms with Gasteiger partial charge in [0.1, 0.15) is 0 Å². The smallest absolute Gasteiger partial charge is 0.340 e. The lowest BCUT2D eigenvalue weighted by molar-refractivity contribution is -0.145. The molecular formula is C20H39NO5P+. The van der Waals surface area contributed by atoms with Crippen LogP contribution in [0.15, 0.2) is 0 Å². The van der Waals surface area contributed by atoms with E-state index in [1.54, 1.807) is 4.90 Å². The van der Waals surface area contributed by atoms with Crippen LogP contribution < -0.4 is 0 Å². The predicted molar refractivity (Wildman–Crippen MR) is 109 cm³/mol. The fourth-order valence-corrected chi connectivity index (χ4v) is 3.28. The highest BCUT2D eigenvalue weighted by atomic mass is 31.1. The minimum atomic E-state index is -2.52. The number of carbonyl (C=O) groups excluding carboxylic acids is 2. The van der Waals surface area contributed by atoms with E-state index < -0.39 is 20.5 Å². The number of hydrogen-bond donors (Lipinski definition) is 1. The third-order valence-corrected chi connectivity index (χ3v) is 4.98. The molecule has 0 aromatic carbocycles. The van der Waals surface area contributed by atoms with Crippen molar-refractivity contribution >= 4 is 20.2 Å². The van der Waals surface area contributed by atoms with E-state index in [4.69, 9.17) is 9.63 Å². The molecule has 2 unspecified atom stereocenters. The summed E-state index contributed by atoms with van der Waals surface area (Å²) in [6.07, 6.45) is 12.2. The Morgan fingerprint density at radius 3 is 1.78 bits per heavy atom. The molecule has 2 atom stereocenters. The summed E-state index contributed by atoms with van der Waals surface area (Å²) in [4.78, 5) is 34.4. The lowest BCUT2D eigenvalue weighted by Crippen LogP contribution is -2.42. The Kier molecular flexibility index (Phi) is 17.9. The number of ether oxygens (including phenoxy) is 1. The lowest BCUT2D eigenvalue weighted by Gasteiger charge is -2.25. The highest BCUT2D eigenvalue weighted by Crippen LogP contribution is 2.15. The molecule has 0 aliphatic carbocycles. The van der Waals surface area contributed by atoms with Crippen LogP contribution in [-0.2, 0) is 18.9 Å². The first-order valence-corrected chi connectivity index (χ1v) is 12.0. The summed E-state index contributed by atoms with van der Waals surface area (Å²) in [5, 5.41) is 0. The van der Waals surface area contributed by atoms with Crippen LogP contribution in [0.3, 0.4) is 0 Å². The predicted octanol–water partition coefficient (Wildman–Crippen LogP) is 4.81. The van der Waals surface area contributed by atoms with Crippen molar-refractivity contribution in [2.24, 2.45) is 0 Å². The largest absolute Gasteiger partial charge is 0.534 e. The monoisotopic (exact) mass is 404 g/mol. The van der Waals surface area contributed by atoms with Gasteiger partial charge in [-0.15, -0.1) is 0 Å². The maximum Gasteiger partial charge on any atom is 0.534 e. The summed E-state index contributed by atoms with van der Waals surface area (Å²) >= 11 is 0. The maximum atomic E-state index is 12.6. The van der Waals surface area contributed by atoms with Gasteiger partial charge in [-0.05, 0) is 17.4 Å². The van der Waals surface area contributed by atoms with E-state index in [0.717, 1.165) is 38.5 Å². The van der Waals surface area contributed by atoms with Crippen molar-refractivity contribution in [3.8, 4) is 0 Å². The molecule has 1 N–H and O–H groups in total. The third kappa shape index (κ3) is 14.8. The molecule has 0 saturated carbocycles. The Balaban J connectivity index is 4.46. The van der Waals surface area contributed by atoms with Crippen LogP contribution in [0.2, 0.25) is 0 Å². The van der Waals surface area contributed by atoms with Gasteiger partial charge in [0, 0.05) is 13.1 Å². The zero-order chi connectivity index (χ0) is 20.3. The van der Waals surface area contributed by atoms with Crippen molar-refractivity contribution < 1.29 is 23.8 Å². The van der Waals surface area contributed by atoms with Crippen molar-refractivity contribution in [2.45, 2.75) is 97.0 Å². The van der Waals surface area contributed by atoms with Crippen LogP contribution in [0.5, 0.6) is 0 Å². The summed E-state index contributed by atoms with van der Waals surface area (Å²) < 4.78 is 15.8. The highest BCUT2D eigenvalue weighted by Gasteiger charge is 2.27. The molecule has 27 heavy (non-hydrogen) atoms. The van der Waals surface area contributed by atoms with Gasteiger partial charge in [-0.3, -0.25) is 9.59 Å². The number of aldehydes is 1. The molecule has 7 heteroatoms. The molecule has 0 aliphatic rings. The van der Waals surface area contributed by atoms with Gasteiger partial charge in [0.15, 0.2) is 12.4 Å². The second-order valence-corrected chi connectivity index (χ2v) is 8.03. The minimum absolute atomic E-state index is 0.385. The second-order valence-electron chi connectivity index (χ2n) is 7.07. The molecule has 0 radical (unpaired) electrons. The molecule has 0 saturated heterocycles. The van der Waals surface area contributed by atoms with E-state index in [1.807, 2.05) is 0 Å². The molecule has 0 fully saturated rings. The fraction of sp³-hybridized carbons (Fsp3) is 0.900. The Bertz CT molecular complexity index is 390. The SMILES string of the molecule is CCCCCCCCN(CCCCCCCC)C(=O)C(C=O)OC[P+](=O)O. The molecule has 0 spiro atoms. The molecule has 0 aromatic rings. The quantitative estimate of drug-likeness (QED) is 0.144. The van der Waals surface area contributed by atoms with Crippen LogP contribution in [-0.4, -0.2) is 47.5 Å². The molecule has 158 valence electrons. The molecule has 0 bridgehead atoms. The molecule has 6 nitrogen and oxygen atoms in total. The number of unbranched alkanes of at least 4 members (excludes halogenated alkanes) is 10. The molecule has 0 aliphatic heterocycles. The lowest BCUT2D eigenvalue weighted by atomic mass is 10.1. The van der Waals surface area contributed by atoms with Crippen molar-refractivity contribution in [1.29, 1.82) is 0 Å². The molecule has 1 amide bonds. The van der Waals surface area contributed by atoms with Gasteiger partial charge in [0.25, 0.3) is 12.3 Å². The molecule has 0 rings (SSSR count). The summed E-state index contributed by atoms with van der Waals surface area (Å²) in [5.41, 5.74) is 0. The maximum absolute atomic E-state index is 12.6. The first kappa shape index (κ1) is 26.2. The third-order valence-electron chi connectivity index (χ3n) is 4.61. The fourth-order valence-electron chi connectivity index (χ4n) is 2.99. The van der Waals surface area contributed by atoms with Crippen molar-refractivity contribution in [1.82, 2.24) is 4.90 Å². The van der Waals surface area contributed by atoms with E-state index in [9.17, 15) is 14.2 Å². The van der Waals surface area contributed by atoms with Gasteiger partial charge >= 0.3 is 8.03 Å². The average molecular weight is 405 g/mol. The average Bonchev–Trinajstić information content (AvgIpc) is 2.65. The second kappa shape index (κ2) is 18.5. The van der Waals surface area contributed by atoms with Crippen LogP contribution in [0.1, 0.15) is 90.9 Å². The van der Waals surface area contributed by atoms with Crippen LogP contribution in [0.4, 0.5) is 0 Å². The summed E-state index contributed by atoms with van der Waals surface area (Å²) in [6.45, 7) is 5.58. The number of carbonyl (C=O) groups is 2. The Morgan fingerprint density at radius 2 is 1.37 bits per heavy atom. The van der Waals surface area contributed by atoms with Crippen LogP contribution in [0, 0.1) is 0 Å². The van der Waals surface area contributed by atoms with Crippen molar-refractivity contribution in [2.75, 3.05) is 19.4 Å². The molecular weight excluding hydrogens is 365 g/mol.